The van der Waals surface area contributed by atoms with Crippen LogP contribution in [0.4, 0.5) is 0 Å². The Balaban J connectivity index is 2.06. The monoisotopic (exact) mass is 186 g/mol. The summed E-state index contributed by atoms with van der Waals surface area (Å²) in [7, 11) is 0. The van der Waals surface area contributed by atoms with Gasteiger partial charge < -0.3 is 4.55 Å². The number of hydrogen-bond acceptors (Lipinski definition) is 2. The van der Waals surface area contributed by atoms with Gasteiger partial charge in [-0.2, -0.15) is 5.10 Å². The third-order valence-electron chi connectivity index (χ3n) is 1.95. The van der Waals surface area contributed by atoms with E-state index < -0.39 is 11.1 Å². The molecule has 0 saturated heterocycles. The molecule has 0 spiro atoms. The van der Waals surface area contributed by atoms with E-state index in [4.69, 9.17) is 4.55 Å². The summed E-state index contributed by atoms with van der Waals surface area (Å²) in [6.45, 7) is 0.886. The molecule has 12 heavy (non-hydrogen) atoms. The van der Waals surface area contributed by atoms with Gasteiger partial charge in [-0.25, -0.2) is 4.21 Å². The maximum atomic E-state index is 10.6. The van der Waals surface area contributed by atoms with Gasteiger partial charge in [0.2, 0.25) is 0 Å². The van der Waals surface area contributed by atoms with Crippen molar-refractivity contribution >= 4 is 11.1 Å². The van der Waals surface area contributed by atoms with Crippen LogP contribution in [0.1, 0.15) is 12.8 Å². The molecule has 1 fully saturated rings. The van der Waals surface area contributed by atoms with Crippen LogP contribution >= 0.6 is 0 Å². The summed E-state index contributed by atoms with van der Waals surface area (Å²) in [6, 6.07) is 0. The molecular weight excluding hydrogens is 176 g/mol. The molecule has 1 saturated carbocycles. The lowest BCUT2D eigenvalue weighted by Crippen LogP contribution is -1.99. The van der Waals surface area contributed by atoms with Crippen molar-refractivity contribution in [1.29, 1.82) is 0 Å². The van der Waals surface area contributed by atoms with Gasteiger partial charge in [0, 0.05) is 12.7 Å². The lowest BCUT2D eigenvalue weighted by Gasteiger charge is -1.95. The highest BCUT2D eigenvalue weighted by atomic mass is 32.2. The van der Waals surface area contributed by atoms with E-state index in [1.165, 1.54) is 19.0 Å². The fourth-order valence-corrected chi connectivity index (χ4v) is 1.45. The summed E-state index contributed by atoms with van der Waals surface area (Å²) in [4.78, 5) is 0.385. The van der Waals surface area contributed by atoms with E-state index >= 15 is 0 Å². The molecule has 1 aliphatic rings. The van der Waals surface area contributed by atoms with Gasteiger partial charge in [0.25, 0.3) is 0 Å². The fourth-order valence-electron chi connectivity index (χ4n) is 1.10. The van der Waals surface area contributed by atoms with Crippen LogP contribution in [0.15, 0.2) is 17.3 Å². The van der Waals surface area contributed by atoms with Crippen LogP contribution < -0.4 is 0 Å². The average Bonchev–Trinajstić information content (AvgIpc) is 2.66. The normalized spacial score (nSPS) is 19.4. The van der Waals surface area contributed by atoms with E-state index in [9.17, 15) is 4.21 Å². The van der Waals surface area contributed by atoms with Gasteiger partial charge in [0.15, 0.2) is 11.1 Å². The highest BCUT2D eigenvalue weighted by Crippen LogP contribution is 2.30. The predicted molar refractivity (Wildman–Crippen MR) is 44.0 cm³/mol. The van der Waals surface area contributed by atoms with Crippen LogP contribution in [-0.2, 0) is 17.6 Å². The van der Waals surface area contributed by atoms with Gasteiger partial charge in [0.05, 0.1) is 6.20 Å². The van der Waals surface area contributed by atoms with Gasteiger partial charge in [-0.05, 0) is 18.8 Å². The van der Waals surface area contributed by atoms with Crippen molar-refractivity contribution in [2.24, 2.45) is 5.92 Å². The minimum atomic E-state index is -1.89. The van der Waals surface area contributed by atoms with E-state index in [2.05, 4.69) is 5.10 Å². The van der Waals surface area contributed by atoms with E-state index in [0.717, 1.165) is 12.5 Å². The first-order chi connectivity index (χ1) is 5.75. The molecule has 1 aromatic heterocycles. The zero-order valence-electron chi connectivity index (χ0n) is 6.51. The van der Waals surface area contributed by atoms with Crippen LogP contribution in [-0.4, -0.2) is 18.5 Å². The fraction of sp³-hybridized carbons (Fsp3) is 0.571. The topological polar surface area (TPSA) is 55.1 Å². The summed E-state index contributed by atoms with van der Waals surface area (Å²) in [6.07, 6.45) is 5.60. The minimum absolute atomic E-state index is 0.385. The SMILES string of the molecule is O=S(O)c1cnn(CC2CC2)c1. The Kier molecular flexibility index (Phi) is 1.98. The maximum Gasteiger partial charge on any atom is 0.189 e. The van der Waals surface area contributed by atoms with Gasteiger partial charge in [-0.15, -0.1) is 0 Å². The molecule has 2 rings (SSSR count). The largest absolute Gasteiger partial charge is 0.302 e. The molecule has 0 radical (unpaired) electrons. The Morgan fingerprint density at radius 1 is 1.75 bits per heavy atom. The minimum Gasteiger partial charge on any atom is -0.302 e. The zero-order chi connectivity index (χ0) is 8.55. The molecule has 0 aromatic carbocycles. The Morgan fingerprint density at radius 2 is 2.50 bits per heavy atom. The molecular formula is C7H10N2O2S. The highest BCUT2D eigenvalue weighted by Gasteiger charge is 2.22. The second-order valence-corrected chi connectivity index (χ2v) is 4.06. The molecule has 5 heteroatoms. The van der Waals surface area contributed by atoms with E-state index in [0.29, 0.717) is 4.90 Å². The van der Waals surface area contributed by atoms with Crippen LogP contribution in [0.3, 0.4) is 0 Å². The Labute approximate surface area is 72.9 Å². The summed E-state index contributed by atoms with van der Waals surface area (Å²) < 4.78 is 21.0. The van der Waals surface area contributed by atoms with Crippen molar-refractivity contribution in [3.63, 3.8) is 0 Å². The molecule has 4 nitrogen and oxygen atoms in total. The van der Waals surface area contributed by atoms with Crippen LogP contribution in [0.2, 0.25) is 0 Å². The van der Waals surface area contributed by atoms with E-state index in [1.54, 1.807) is 10.9 Å². The zero-order valence-corrected chi connectivity index (χ0v) is 7.33. The maximum absolute atomic E-state index is 10.6. The van der Waals surface area contributed by atoms with E-state index in [-0.39, 0.29) is 0 Å². The number of rotatable bonds is 3. The second kappa shape index (κ2) is 2.99. The molecule has 1 heterocycles. The third-order valence-corrected chi connectivity index (χ3v) is 2.57. The molecule has 1 aliphatic carbocycles. The van der Waals surface area contributed by atoms with Gasteiger partial charge >= 0.3 is 0 Å². The Bertz CT molecular complexity index is 306. The lowest BCUT2D eigenvalue weighted by molar-refractivity contribution is 0.556. The predicted octanol–water partition coefficient (Wildman–Crippen LogP) is 0.874. The quantitative estimate of drug-likeness (QED) is 0.713. The molecule has 66 valence electrons. The van der Waals surface area contributed by atoms with Crippen LogP contribution in [0, 0.1) is 5.92 Å². The smallest absolute Gasteiger partial charge is 0.189 e. The van der Waals surface area contributed by atoms with Crippen molar-refractivity contribution in [3.8, 4) is 0 Å². The van der Waals surface area contributed by atoms with Crippen LogP contribution in [0.25, 0.3) is 0 Å². The first kappa shape index (κ1) is 7.94. The molecule has 0 bridgehead atoms. The Morgan fingerprint density at radius 3 is 3.00 bits per heavy atom. The number of hydrogen-bond donors (Lipinski definition) is 1. The summed E-state index contributed by atoms with van der Waals surface area (Å²) >= 11 is -1.89. The van der Waals surface area contributed by atoms with Gasteiger partial charge in [-0.1, -0.05) is 0 Å². The van der Waals surface area contributed by atoms with E-state index in [1.807, 2.05) is 0 Å². The van der Waals surface area contributed by atoms with Crippen LogP contribution in [0.5, 0.6) is 0 Å². The lowest BCUT2D eigenvalue weighted by atomic mass is 10.4. The Hall–Kier alpha value is -0.680. The summed E-state index contributed by atoms with van der Waals surface area (Å²) in [5.41, 5.74) is 0. The number of nitrogens with zero attached hydrogens (tertiary/aromatic N) is 2. The van der Waals surface area contributed by atoms with Gasteiger partial charge in [0.1, 0.15) is 4.90 Å². The molecule has 1 atom stereocenters. The standard InChI is InChI=1S/C7H10N2O2S/c10-12(11)7-3-8-9(5-7)4-6-1-2-6/h3,5-6H,1-2,4H2,(H,10,11). The first-order valence-corrected chi connectivity index (χ1v) is 4.99. The van der Waals surface area contributed by atoms with Crippen molar-refractivity contribution in [2.45, 2.75) is 24.3 Å². The van der Waals surface area contributed by atoms with Crippen molar-refractivity contribution in [2.75, 3.05) is 0 Å². The first-order valence-electron chi connectivity index (χ1n) is 3.89. The van der Waals surface area contributed by atoms with Crippen molar-refractivity contribution in [3.05, 3.63) is 12.4 Å². The van der Waals surface area contributed by atoms with Crippen molar-refractivity contribution in [1.82, 2.24) is 9.78 Å². The van der Waals surface area contributed by atoms with Gasteiger partial charge in [-0.3, -0.25) is 4.68 Å². The molecule has 1 aromatic rings. The third kappa shape index (κ3) is 1.73. The summed E-state index contributed by atoms with van der Waals surface area (Å²) in [5, 5.41) is 3.98. The summed E-state index contributed by atoms with van der Waals surface area (Å²) in [5.74, 6) is 0.741. The average molecular weight is 186 g/mol. The second-order valence-electron chi connectivity index (χ2n) is 3.09. The molecule has 1 N–H and O–H groups in total. The molecule has 0 amide bonds. The molecule has 1 unspecified atom stereocenters. The number of aromatic nitrogens is 2. The van der Waals surface area contributed by atoms with Crippen molar-refractivity contribution < 1.29 is 8.76 Å². The molecule has 0 aliphatic heterocycles. The highest BCUT2D eigenvalue weighted by molar-refractivity contribution is 7.79.